The van der Waals surface area contributed by atoms with Crippen molar-refractivity contribution >= 4 is 23.6 Å². The average Bonchev–Trinajstić information content (AvgIpc) is 3.19. The molecule has 1 atom stereocenters. The molecule has 0 aliphatic carbocycles. The molecule has 25 heavy (non-hydrogen) atoms. The number of imidazole rings is 1. The Hall–Kier alpha value is -2.54. The highest BCUT2D eigenvalue weighted by atomic mass is 32.2. The van der Waals surface area contributed by atoms with Crippen LogP contribution in [0.4, 0.5) is 5.88 Å². The fourth-order valence-corrected chi connectivity index (χ4v) is 3.29. The first-order valence-corrected chi connectivity index (χ1v) is 8.84. The third-order valence-electron chi connectivity index (χ3n) is 3.97. The molecule has 1 aromatic carbocycles. The molecule has 0 fully saturated rings. The van der Waals surface area contributed by atoms with Crippen LogP contribution in [0.1, 0.15) is 23.7 Å². The van der Waals surface area contributed by atoms with Gasteiger partial charge in [0.1, 0.15) is 0 Å². The van der Waals surface area contributed by atoms with Gasteiger partial charge in [0.05, 0.1) is 16.6 Å². The molecular formula is C18H20N4O2S. The highest BCUT2D eigenvalue weighted by Gasteiger charge is 2.19. The van der Waals surface area contributed by atoms with E-state index in [-0.39, 0.29) is 11.2 Å². The van der Waals surface area contributed by atoms with Gasteiger partial charge in [-0.2, -0.15) is 0 Å². The number of aryl methyl sites for hydroxylation is 2. The molecule has 0 bridgehead atoms. The maximum atomic E-state index is 12.4. The van der Waals surface area contributed by atoms with Gasteiger partial charge in [-0.25, -0.2) is 4.98 Å². The molecule has 0 aliphatic heterocycles. The summed E-state index contributed by atoms with van der Waals surface area (Å²) < 4.78 is 7.04. The molecule has 6 nitrogen and oxygen atoms in total. The number of hydrogen-bond acceptors (Lipinski definition) is 5. The van der Waals surface area contributed by atoms with Crippen LogP contribution in [0.25, 0.3) is 5.69 Å². The van der Waals surface area contributed by atoms with Crippen LogP contribution in [-0.2, 0) is 4.79 Å². The minimum absolute atomic E-state index is 0.156. The van der Waals surface area contributed by atoms with Crippen molar-refractivity contribution in [1.29, 1.82) is 0 Å². The summed E-state index contributed by atoms with van der Waals surface area (Å²) >= 11 is 1.40. The lowest BCUT2D eigenvalue weighted by Crippen LogP contribution is -2.22. The quantitative estimate of drug-likeness (QED) is 0.702. The average molecular weight is 356 g/mol. The van der Waals surface area contributed by atoms with E-state index >= 15 is 0 Å². The molecule has 3 rings (SSSR count). The number of nitrogens with zero attached hydrogens (tertiary/aromatic N) is 3. The Bertz CT molecular complexity index is 900. The van der Waals surface area contributed by atoms with E-state index in [4.69, 9.17) is 4.52 Å². The summed E-state index contributed by atoms with van der Waals surface area (Å²) in [6.07, 6.45) is 3.66. The molecule has 0 saturated carbocycles. The number of anilines is 1. The zero-order chi connectivity index (χ0) is 18.0. The third kappa shape index (κ3) is 3.76. The molecular weight excluding hydrogens is 336 g/mol. The van der Waals surface area contributed by atoms with Crippen molar-refractivity contribution < 1.29 is 9.32 Å². The Labute approximate surface area is 150 Å². The molecule has 3 aromatic rings. The van der Waals surface area contributed by atoms with Gasteiger partial charge in [-0.3, -0.25) is 14.7 Å². The topological polar surface area (TPSA) is 73.0 Å². The molecule has 1 N–H and O–H groups in total. The van der Waals surface area contributed by atoms with Gasteiger partial charge < -0.3 is 4.52 Å². The van der Waals surface area contributed by atoms with Gasteiger partial charge >= 0.3 is 0 Å². The highest BCUT2D eigenvalue weighted by molar-refractivity contribution is 8.00. The number of benzene rings is 1. The second kappa shape index (κ2) is 7.14. The lowest BCUT2D eigenvalue weighted by Gasteiger charge is -2.14. The van der Waals surface area contributed by atoms with Crippen LogP contribution >= 0.6 is 11.8 Å². The van der Waals surface area contributed by atoms with Gasteiger partial charge in [0, 0.05) is 18.5 Å². The Balaban J connectivity index is 1.76. The van der Waals surface area contributed by atoms with Crippen LogP contribution in [-0.4, -0.2) is 25.9 Å². The van der Waals surface area contributed by atoms with E-state index in [1.54, 1.807) is 19.2 Å². The number of carbonyl (C=O) groups is 1. The normalized spacial score (nSPS) is 12.2. The van der Waals surface area contributed by atoms with Crippen LogP contribution in [0, 0.1) is 20.8 Å². The van der Waals surface area contributed by atoms with Crippen LogP contribution < -0.4 is 5.32 Å². The van der Waals surface area contributed by atoms with E-state index in [9.17, 15) is 4.79 Å². The minimum atomic E-state index is -0.336. The number of carbonyl (C=O) groups excluding carboxylic acids is 1. The van der Waals surface area contributed by atoms with Crippen molar-refractivity contribution in [2.75, 3.05) is 5.32 Å². The van der Waals surface area contributed by atoms with E-state index in [1.807, 2.05) is 23.8 Å². The predicted molar refractivity (Wildman–Crippen MR) is 98.2 cm³/mol. The first-order chi connectivity index (χ1) is 12.0. The fraction of sp³-hybridized carbons (Fsp3) is 0.278. The van der Waals surface area contributed by atoms with E-state index in [0.717, 1.165) is 16.5 Å². The van der Waals surface area contributed by atoms with Gasteiger partial charge in [-0.1, -0.05) is 29.1 Å². The molecule has 2 heterocycles. The molecule has 0 radical (unpaired) electrons. The van der Waals surface area contributed by atoms with Gasteiger partial charge in [-0.15, -0.1) is 0 Å². The summed E-state index contributed by atoms with van der Waals surface area (Å²) in [4.78, 5) is 16.8. The van der Waals surface area contributed by atoms with E-state index in [0.29, 0.717) is 5.88 Å². The van der Waals surface area contributed by atoms with Crippen LogP contribution in [0.2, 0.25) is 0 Å². The molecule has 0 saturated heterocycles. The standard InChI is InChI=1S/C18H20N4O2S/c1-11-6-5-7-15(13(11)3)22-9-8-19-18(22)25-14(4)17(23)20-16-10-12(2)21-24-16/h5-10,14H,1-4H3,(H,20,23)/t14-/m1/s1. The number of nitrogens with one attached hydrogen (secondary N) is 1. The number of thioether (sulfide) groups is 1. The van der Waals surface area contributed by atoms with Crippen molar-refractivity contribution in [3.8, 4) is 5.69 Å². The molecule has 2 aromatic heterocycles. The zero-order valence-electron chi connectivity index (χ0n) is 14.6. The first kappa shape index (κ1) is 17.3. The van der Waals surface area contributed by atoms with Crippen molar-refractivity contribution in [3.05, 3.63) is 53.5 Å². The lowest BCUT2D eigenvalue weighted by atomic mass is 10.1. The molecule has 130 valence electrons. The van der Waals surface area contributed by atoms with Crippen LogP contribution in [0.5, 0.6) is 0 Å². The number of amides is 1. The van der Waals surface area contributed by atoms with Crippen molar-refractivity contribution in [2.45, 2.75) is 38.1 Å². The molecule has 1 amide bonds. The molecule has 0 spiro atoms. The summed E-state index contributed by atoms with van der Waals surface area (Å²) in [6.45, 7) is 7.81. The van der Waals surface area contributed by atoms with Crippen LogP contribution in [0.3, 0.4) is 0 Å². The molecule has 7 heteroatoms. The van der Waals surface area contributed by atoms with Gasteiger partial charge in [0.25, 0.3) is 0 Å². The van der Waals surface area contributed by atoms with Crippen LogP contribution in [0.15, 0.2) is 46.3 Å². The Morgan fingerprint density at radius 2 is 2.12 bits per heavy atom. The maximum absolute atomic E-state index is 12.4. The first-order valence-electron chi connectivity index (χ1n) is 7.96. The van der Waals surface area contributed by atoms with Gasteiger partial charge in [0.2, 0.25) is 11.8 Å². The summed E-state index contributed by atoms with van der Waals surface area (Å²) in [5.74, 6) is 0.199. The second-order valence-corrected chi connectivity index (χ2v) is 7.19. The highest BCUT2D eigenvalue weighted by Crippen LogP contribution is 2.27. The SMILES string of the molecule is Cc1cc(NC(=O)[C@@H](C)Sc2nccn2-c2cccc(C)c2C)on1. The van der Waals surface area contributed by atoms with Crippen molar-refractivity contribution in [1.82, 2.24) is 14.7 Å². The Morgan fingerprint density at radius 3 is 2.84 bits per heavy atom. The monoisotopic (exact) mass is 356 g/mol. The number of hydrogen-bond donors (Lipinski definition) is 1. The maximum Gasteiger partial charge on any atom is 0.240 e. The summed E-state index contributed by atoms with van der Waals surface area (Å²) in [5.41, 5.74) is 4.20. The number of aromatic nitrogens is 3. The largest absolute Gasteiger partial charge is 0.338 e. The fourth-order valence-electron chi connectivity index (χ4n) is 2.41. The summed E-state index contributed by atoms with van der Waals surface area (Å²) in [5, 5.41) is 6.92. The van der Waals surface area contributed by atoms with Gasteiger partial charge in [0.15, 0.2) is 5.16 Å². The smallest absolute Gasteiger partial charge is 0.240 e. The summed E-state index contributed by atoms with van der Waals surface area (Å²) in [7, 11) is 0. The number of rotatable bonds is 5. The molecule has 0 unspecified atom stereocenters. The Morgan fingerprint density at radius 1 is 1.32 bits per heavy atom. The van der Waals surface area contributed by atoms with Gasteiger partial charge in [-0.05, 0) is 44.9 Å². The van der Waals surface area contributed by atoms with E-state index < -0.39 is 0 Å². The van der Waals surface area contributed by atoms with Crippen molar-refractivity contribution in [3.63, 3.8) is 0 Å². The van der Waals surface area contributed by atoms with E-state index in [1.165, 1.54) is 22.9 Å². The zero-order valence-corrected chi connectivity index (χ0v) is 15.4. The predicted octanol–water partition coefficient (Wildman–Crippen LogP) is 3.90. The lowest BCUT2D eigenvalue weighted by molar-refractivity contribution is -0.115. The second-order valence-electron chi connectivity index (χ2n) is 5.88. The molecule has 0 aliphatic rings. The van der Waals surface area contributed by atoms with E-state index in [2.05, 4.69) is 41.4 Å². The van der Waals surface area contributed by atoms with Crippen molar-refractivity contribution in [2.24, 2.45) is 0 Å². The Kier molecular flexibility index (Phi) is 4.94. The summed E-state index contributed by atoms with van der Waals surface area (Å²) in [6, 6.07) is 7.84. The third-order valence-corrected chi connectivity index (χ3v) is 5.05. The minimum Gasteiger partial charge on any atom is -0.338 e.